The first-order valence-corrected chi connectivity index (χ1v) is 4.69. The van der Waals surface area contributed by atoms with E-state index in [0.717, 1.165) is 7.11 Å². The van der Waals surface area contributed by atoms with Crippen molar-refractivity contribution in [3.8, 4) is 0 Å². The van der Waals surface area contributed by atoms with Gasteiger partial charge in [-0.15, -0.1) is 0 Å². The molecule has 3 nitrogen and oxygen atoms in total. The van der Waals surface area contributed by atoms with Gasteiger partial charge in [-0.1, -0.05) is 5.57 Å². The van der Waals surface area contributed by atoms with Gasteiger partial charge in [-0.3, -0.25) is 0 Å². The Morgan fingerprint density at radius 2 is 1.94 bits per heavy atom. The van der Waals surface area contributed by atoms with E-state index in [1.54, 1.807) is 13.8 Å². The van der Waals surface area contributed by atoms with Crippen LogP contribution in [0.1, 0.15) is 20.3 Å². The summed E-state index contributed by atoms with van der Waals surface area (Å²) in [5.74, 6) is -1.40. The van der Waals surface area contributed by atoms with Gasteiger partial charge in [0, 0.05) is 6.42 Å². The van der Waals surface area contributed by atoms with E-state index in [0.29, 0.717) is 11.1 Å². The Bertz CT molecular complexity index is 333. The maximum Gasteiger partial charge on any atom is 0.428 e. The fraction of sp³-hybridized carbons (Fsp3) is 0.700. The fourth-order valence-electron chi connectivity index (χ4n) is 1.52. The summed E-state index contributed by atoms with van der Waals surface area (Å²) in [6, 6.07) is 0. The van der Waals surface area contributed by atoms with Gasteiger partial charge in [-0.2, -0.15) is 13.2 Å². The van der Waals surface area contributed by atoms with Crippen LogP contribution in [0.3, 0.4) is 0 Å². The van der Waals surface area contributed by atoms with Crippen molar-refractivity contribution in [1.82, 2.24) is 0 Å². The zero-order valence-electron chi connectivity index (χ0n) is 9.27. The number of methoxy groups -OCH3 is 1. The lowest BCUT2D eigenvalue weighted by Gasteiger charge is -2.36. The molecule has 6 heteroatoms. The van der Waals surface area contributed by atoms with Crippen LogP contribution >= 0.6 is 0 Å². The molecular formula is C10H13F3O3. The summed E-state index contributed by atoms with van der Waals surface area (Å²) >= 11 is 0. The Hall–Kier alpha value is -1.04. The molecular weight excluding hydrogens is 225 g/mol. The molecule has 0 aliphatic carbocycles. The monoisotopic (exact) mass is 238 g/mol. The average Bonchev–Trinajstić information content (AvgIpc) is 2.19. The number of carbonyl (C=O) groups is 1. The largest absolute Gasteiger partial charge is 0.467 e. The van der Waals surface area contributed by atoms with Gasteiger partial charge in [0.05, 0.1) is 13.7 Å². The predicted octanol–water partition coefficient (Wildman–Crippen LogP) is 2.22. The molecule has 1 atom stereocenters. The summed E-state index contributed by atoms with van der Waals surface area (Å²) < 4.78 is 47.6. The van der Waals surface area contributed by atoms with Crippen LogP contribution in [0, 0.1) is 0 Å². The molecule has 1 rings (SSSR count). The topological polar surface area (TPSA) is 35.5 Å². The van der Waals surface area contributed by atoms with Crippen LogP contribution in [0.15, 0.2) is 11.1 Å². The third-order valence-corrected chi connectivity index (χ3v) is 2.75. The second kappa shape index (κ2) is 4.08. The van der Waals surface area contributed by atoms with Crippen LogP contribution in [0.4, 0.5) is 13.2 Å². The molecule has 1 unspecified atom stereocenters. The summed E-state index contributed by atoms with van der Waals surface area (Å²) in [7, 11) is 0.916. The first-order valence-electron chi connectivity index (χ1n) is 4.69. The van der Waals surface area contributed by atoms with Crippen LogP contribution in [0.2, 0.25) is 0 Å². The second-order valence-electron chi connectivity index (χ2n) is 3.84. The molecule has 0 N–H and O–H groups in total. The molecule has 0 aromatic rings. The highest BCUT2D eigenvalue weighted by molar-refractivity contribution is 5.81. The summed E-state index contributed by atoms with van der Waals surface area (Å²) in [6.07, 6.45) is -5.28. The molecule has 0 radical (unpaired) electrons. The molecule has 1 aliphatic heterocycles. The maximum absolute atomic E-state index is 12.9. The fourth-order valence-corrected chi connectivity index (χ4v) is 1.52. The van der Waals surface area contributed by atoms with E-state index in [-0.39, 0.29) is 6.61 Å². The van der Waals surface area contributed by atoms with Gasteiger partial charge in [-0.05, 0) is 19.4 Å². The quantitative estimate of drug-likeness (QED) is 0.519. The molecule has 0 fully saturated rings. The van der Waals surface area contributed by atoms with Crippen molar-refractivity contribution in [1.29, 1.82) is 0 Å². The van der Waals surface area contributed by atoms with E-state index >= 15 is 0 Å². The molecule has 0 spiro atoms. The highest BCUT2D eigenvalue weighted by atomic mass is 19.4. The Morgan fingerprint density at radius 3 is 2.31 bits per heavy atom. The molecule has 0 amide bonds. The van der Waals surface area contributed by atoms with E-state index in [1.165, 1.54) is 0 Å². The van der Waals surface area contributed by atoms with Crippen LogP contribution in [0.25, 0.3) is 0 Å². The number of hydrogen-bond acceptors (Lipinski definition) is 3. The molecule has 0 aromatic heterocycles. The summed E-state index contributed by atoms with van der Waals surface area (Å²) in [6.45, 7) is 3.02. The molecule has 16 heavy (non-hydrogen) atoms. The van der Waals surface area contributed by atoms with Crippen molar-refractivity contribution >= 4 is 5.97 Å². The first kappa shape index (κ1) is 13.0. The smallest absolute Gasteiger partial charge is 0.428 e. The van der Waals surface area contributed by atoms with Crippen molar-refractivity contribution < 1.29 is 27.4 Å². The van der Waals surface area contributed by atoms with E-state index in [4.69, 9.17) is 4.74 Å². The SMILES string of the molecule is COC(=O)C1(C(F)(F)F)CC(C)=C(C)CO1. The third-order valence-electron chi connectivity index (χ3n) is 2.75. The van der Waals surface area contributed by atoms with Crippen molar-refractivity contribution in [2.75, 3.05) is 13.7 Å². The van der Waals surface area contributed by atoms with E-state index < -0.39 is 24.2 Å². The molecule has 1 heterocycles. The van der Waals surface area contributed by atoms with Gasteiger partial charge < -0.3 is 9.47 Å². The Morgan fingerprint density at radius 1 is 1.38 bits per heavy atom. The Kier molecular flexibility index (Phi) is 3.33. The minimum absolute atomic E-state index is 0.208. The lowest BCUT2D eigenvalue weighted by molar-refractivity contribution is -0.276. The third kappa shape index (κ3) is 1.93. The first-order chi connectivity index (χ1) is 7.24. The van der Waals surface area contributed by atoms with E-state index in [2.05, 4.69) is 4.74 Å². The average molecular weight is 238 g/mol. The Balaban J connectivity index is 3.15. The van der Waals surface area contributed by atoms with Crippen molar-refractivity contribution in [2.45, 2.75) is 32.0 Å². The summed E-state index contributed by atoms with van der Waals surface area (Å²) in [5, 5.41) is 0. The van der Waals surface area contributed by atoms with Crippen LogP contribution in [-0.2, 0) is 14.3 Å². The van der Waals surface area contributed by atoms with Crippen LogP contribution < -0.4 is 0 Å². The number of hydrogen-bond donors (Lipinski definition) is 0. The summed E-state index contributed by atoms with van der Waals surface area (Å²) in [5.41, 5.74) is -1.62. The molecule has 0 bridgehead atoms. The standard InChI is InChI=1S/C10H13F3O3/c1-6-4-9(8(14)15-3,10(11,12)13)16-5-7(6)2/h4-5H2,1-3H3. The Labute approximate surface area is 91.2 Å². The van der Waals surface area contributed by atoms with Crippen LogP contribution in [-0.4, -0.2) is 31.5 Å². The van der Waals surface area contributed by atoms with Crippen molar-refractivity contribution in [2.24, 2.45) is 0 Å². The van der Waals surface area contributed by atoms with Gasteiger partial charge in [0.1, 0.15) is 0 Å². The van der Waals surface area contributed by atoms with Gasteiger partial charge in [0.25, 0.3) is 5.60 Å². The molecule has 92 valence electrons. The lowest BCUT2D eigenvalue weighted by atomic mass is 9.89. The number of esters is 1. The predicted molar refractivity (Wildman–Crippen MR) is 49.7 cm³/mol. The minimum atomic E-state index is -4.78. The van der Waals surface area contributed by atoms with Crippen molar-refractivity contribution in [3.05, 3.63) is 11.1 Å². The summed E-state index contributed by atoms with van der Waals surface area (Å²) in [4.78, 5) is 11.3. The second-order valence-corrected chi connectivity index (χ2v) is 3.84. The van der Waals surface area contributed by atoms with Gasteiger partial charge in [0.2, 0.25) is 0 Å². The number of halogens is 3. The minimum Gasteiger partial charge on any atom is -0.467 e. The molecule has 0 saturated carbocycles. The van der Waals surface area contributed by atoms with Crippen molar-refractivity contribution in [3.63, 3.8) is 0 Å². The molecule has 0 aromatic carbocycles. The number of alkyl halides is 3. The number of carbonyl (C=O) groups excluding carboxylic acids is 1. The van der Waals surface area contributed by atoms with Gasteiger partial charge >= 0.3 is 12.1 Å². The molecule has 1 aliphatic rings. The van der Waals surface area contributed by atoms with Gasteiger partial charge in [0.15, 0.2) is 0 Å². The normalized spacial score (nSPS) is 26.9. The highest BCUT2D eigenvalue weighted by Crippen LogP contribution is 2.42. The van der Waals surface area contributed by atoms with E-state index in [1.807, 2.05) is 0 Å². The lowest BCUT2D eigenvalue weighted by Crippen LogP contribution is -2.56. The molecule has 0 saturated heterocycles. The maximum atomic E-state index is 12.9. The highest BCUT2D eigenvalue weighted by Gasteiger charge is 2.63. The van der Waals surface area contributed by atoms with E-state index in [9.17, 15) is 18.0 Å². The van der Waals surface area contributed by atoms with Crippen LogP contribution in [0.5, 0.6) is 0 Å². The zero-order valence-corrected chi connectivity index (χ0v) is 9.27. The van der Waals surface area contributed by atoms with Gasteiger partial charge in [-0.25, -0.2) is 4.79 Å². The number of ether oxygens (including phenoxy) is 2. The zero-order chi connectivity index (χ0) is 12.6. The number of rotatable bonds is 1.